The van der Waals surface area contributed by atoms with Crippen LogP contribution in [0.3, 0.4) is 0 Å². The first-order chi connectivity index (χ1) is 11.2. The molecule has 2 heterocycles. The highest BCUT2D eigenvalue weighted by Gasteiger charge is 2.05. The van der Waals surface area contributed by atoms with Gasteiger partial charge >= 0.3 is 0 Å². The predicted octanol–water partition coefficient (Wildman–Crippen LogP) is 2.68. The van der Waals surface area contributed by atoms with Gasteiger partial charge in [0, 0.05) is 24.5 Å². The van der Waals surface area contributed by atoms with Gasteiger partial charge in [-0.2, -0.15) is 5.10 Å². The third kappa shape index (κ3) is 3.83. The summed E-state index contributed by atoms with van der Waals surface area (Å²) in [5, 5.41) is 7.37. The van der Waals surface area contributed by atoms with Crippen molar-refractivity contribution < 1.29 is 4.79 Å². The number of hydrogen-bond donors (Lipinski definition) is 1. The number of hydrogen-bond acceptors (Lipinski definition) is 3. The average molecular weight is 306 g/mol. The van der Waals surface area contributed by atoms with Crippen molar-refractivity contribution in [3.05, 3.63) is 72.1 Å². The Kier molecular flexibility index (Phi) is 4.47. The molecule has 0 fully saturated rings. The zero-order valence-corrected chi connectivity index (χ0v) is 12.9. The Labute approximate surface area is 135 Å². The first-order valence-corrected chi connectivity index (χ1v) is 7.52. The molecule has 0 spiro atoms. The van der Waals surface area contributed by atoms with Gasteiger partial charge in [-0.3, -0.25) is 14.5 Å². The standard InChI is InChI=1S/C18H18N4O/c1-14-5-7-15(8-6-14)18(23)20-11-13-22-12-9-17(21-22)16-4-2-3-10-19-16/h2-10,12H,11,13H2,1H3,(H,20,23). The van der Waals surface area contributed by atoms with Crippen molar-refractivity contribution in [3.8, 4) is 11.4 Å². The van der Waals surface area contributed by atoms with E-state index in [0.717, 1.165) is 17.0 Å². The van der Waals surface area contributed by atoms with Crippen molar-refractivity contribution in [2.75, 3.05) is 6.54 Å². The molecule has 1 N–H and O–H groups in total. The number of aryl methyl sites for hydroxylation is 1. The third-order valence-electron chi connectivity index (χ3n) is 3.51. The first kappa shape index (κ1) is 15.0. The van der Waals surface area contributed by atoms with E-state index in [1.165, 1.54) is 0 Å². The van der Waals surface area contributed by atoms with Crippen LogP contribution in [0.15, 0.2) is 60.9 Å². The van der Waals surface area contributed by atoms with Crippen LogP contribution >= 0.6 is 0 Å². The summed E-state index contributed by atoms with van der Waals surface area (Å²) in [4.78, 5) is 16.3. The van der Waals surface area contributed by atoms with E-state index in [1.807, 2.05) is 61.7 Å². The number of carbonyl (C=O) groups excluding carboxylic acids is 1. The summed E-state index contributed by atoms with van der Waals surface area (Å²) in [6.45, 7) is 3.14. The molecule has 0 aliphatic heterocycles. The maximum atomic E-state index is 12.0. The number of amides is 1. The molecule has 0 aliphatic rings. The lowest BCUT2D eigenvalue weighted by molar-refractivity contribution is 0.0952. The second-order valence-electron chi connectivity index (χ2n) is 5.30. The Morgan fingerprint density at radius 3 is 2.65 bits per heavy atom. The second-order valence-corrected chi connectivity index (χ2v) is 5.30. The van der Waals surface area contributed by atoms with Gasteiger partial charge in [0.05, 0.1) is 12.2 Å². The van der Waals surface area contributed by atoms with Crippen LogP contribution in [0.5, 0.6) is 0 Å². The molecule has 5 nitrogen and oxygen atoms in total. The van der Waals surface area contributed by atoms with E-state index in [2.05, 4.69) is 15.4 Å². The van der Waals surface area contributed by atoms with Crippen LogP contribution in [0.4, 0.5) is 0 Å². The lowest BCUT2D eigenvalue weighted by Crippen LogP contribution is -2.27. The number of aromatic nitrogens is 3. The minimum absolute atomic E-state index is 0.0675. The van der Waals surface area contributed by atoms with Crippen molar-refractivity contribution in [1.29, 1.82) is 0 Å². The number of rotatable bonds is 5. The quantitative estimate of drug-likeness (QED) is 0.788. The van der Waals surface area contributed by atoms with Gasteiger partial charge < -0.3 is 5.32 Å². The molecule has 5 heteroatoms. The van der Waals surface area contributed by atoms with Crippen LogP contribution in [0.25, 0.3) is 11.4 Å². The van der Waals surface area contributed by atoms with E-state index in [1.54, 1.807) is 10.9 Å². The molecule has 116 valence electrons. The summed E-state index contributed by atoms with van der Waals surface area (Å²) < 4.78 is 1.80. The molecule has 2 aromatic heterocycles. The fourth-order valence-electron chi connectivity index (χ4n) is 2.23. The van der Waals surface area contributed by atoms with E-state index in [4.69, 9.17) is 0 Å². The highest BCUT2D eigenvalue weighted by molar-refractivity contribution is 5.94. The summed E-state index contributed by atoms with van der Waals surface area (Å²) in [5.41, 5.74) is 3.48. The predicted molar refractivity (Wildman–Crippen MR) is 89.0 cm³/mol. The Bertz CT molecular complexity index is 778. The average Bonchev–Trinajstić information content (AvgIpc) is 3.05. The fourth-order valence-corrected chi connectivity index (χ4v) is 2.23. The van der Waals surface area contributed by atoms with Gasteiger partial charge in [-0.05, 0) is 37.3 Å². The zero-order valence-electron chi connectivity index (χ0n) is 12.9. The maximum Gasteiger partial charge on any atom is 0.251 e. The molecular weight excluding hydrogens is 288 g/mol. The minimum Gasteiger partial charge on any atom is -0.350 e. The molecule has 0 saturated carbocycles. The second kappa shape index (κ2) is 6.87. The molecule has 1 aromatic carbocycles. The van der Waals surface area contributed by atoms with Crippen molar-refractivity contribution in [3.63, 3.8) is 0 Å². The molecule has 0 atom stereocenters. The summed E-state index contributed by atoms with van der Waals surface area (Å²) in [6, 6.07) is 15.2. The van der Waals surface area contributed by atoms with Crippen LogP contribution in [-0.2, 0) is 6.54 Å². The number of nitrogens with one attached hydrogen (secondary N) is 1. The van der Waals surface area contributed by atoms with Crippen molar-refractivity contribution in [1.82, 2.24) is 20.1 Å². The van der Waals surface area contributed by atoms with Gasteiger partial charge in [0.2, 0.25) is 0 Å². The molecule has 0 saturated heterocycles. The Hall–Kier alpha value is -2.95. The number of pyridine rings is 1. The monoisotopic (exact) mass is 306 g/mol. The van der Waals surface area contributed by atoms with E-state index < -0.39 is 0 Å². The highest BCUT2D eigenvalue weighted by Crippen LogP contribution is 2.12. The van der Waals surface area contributed by atoms with Gasteiger partial charge in [0.25, 0.3) is 5.91 Å². The van der Waals surface area contributed by atoms with Crippen LogP contribution in [0.1, 0.15) is 15.9 Å². The Balaban J connectivity index is 1.54. The summed E-state index contributed by atoms with van der Waals surface area (Å²) >= 11 is 0. The highest BCUT2D eigenvalue weighted by atomic mass is 16.1. The molecule has 3 rings (SSSR count). The van der Waals surface area contributed by atoms with Crippen LogP contribution in [-0.4, -0.2) is 27.2 Å². The molecule has 0 unspecified atom stereocenters. The van der Waals surface area contributed by atoms with E-state index in [-0.39, 0.29) is 5.91 Å². The Morgan fingerprint density at radius 1 is 1.09 bits per heavy atom. The molecule has 0 bridgehead atoms. The number of nitrogens with zero attached hydrogens (tertiary/aromatic N) is 3. The van der Waals surface area contributed by atoms with Gasteiger partial charge in [0.15, 0.2) is 0 Å². The van der Waals surface area contributed by atoms with Gasteiger partial charge in [0.1, 0.15) is 5.69 Å². The lowest BCUT2D eigenvalue weighted by atomic mass is 10.1. The van der Waals surface area contributed by atoms with Gasteiger partial charge in [-0.25, -0.2) is 0 Å². The van der Waals surface area contributed by atoms with Crippen molar-refractivity contribution in [2.24, 2.45) is 0 Å². The number of benzene rings is 1. The van der Waals surface area contributed by atoms with Crippen LogP contribution in [0.2, 0.25) is 0 Å². The molecule has 23 heavy (non-hydrogen) atoms. The summed E-state index contributed by atoms with van der Waals surface area (Å²) in [6.07, 6.45) is 3.64. The fraction of sp³-hybridized carbons (Fsp3) is 0.167. The van der Waals surface area contributed by atoms with E-state index in [9.17, 15) is 4.79 Å². The zero-order chi connectivity index (χ0) is 16.1. The first-order valence-electron chi connectivity index (χ1n) is 7.52. The minimum atomic E-state index is -0.0675. The smallest absolute Gasteiger partial charge is 0.251 e. The third-order valence-corrected chi connectivity index (χ3v) is 3.51. The molecule has 3 aromatic rings. The van der Waals surface area contributed by atoms with Gasteiger partial charge in [-0.15, -0.1) is 0 Å². The van der Waals surface area contributed by atoms with Crippen molar-refractivity contribution >= 4 is 5.91 Å². The molecular formula is C18H18N4O. The van der Waals surface area contributed by atoms with Crippen LogP contribution < -0.4 is 5.32 Å². The SMILES string of the molecule is Cc1ccc(C(=O)NCCn2ccc(-c3ccccn3)n2)cc1. The molecule has 0 radical (unpaired) electrons. The Morgan fingerprint density at radius 2 is 1.91 bits per heavy atom. The number of carbonyl (C=O) groups is 1. The topological polar surface area (TPSA) is 59.8 Å². The van der Waals surface area contributed by atoms with Gasteiger partial charge in [-0.1, -0.05) is 23.8 Å². The largest absolute Gasteiger partial charge is 0.350 e. The summed E-state index contributed by atoms with van der Waals surface area (Å²) in [7, 11) is 0. The summed E-state index contributed by atoms with van der Waals surface area (Å²) in [5.74, 6) is -0.0675. The van der Waals surface area contributed by atoms with E-state index in [0.29, 0.717) is 18.7 Å². The van der Waals surface area contributed by atoms with E-state index >= 15 is 0 Å². The van der Waals surface area contributed by atoms with Crippen LogP contribution in [0, 0.1) is 6.92 Å². The molecule has 0 aliphatic carbocycles. The normalized spacial score (nSPS) is 10.5. The van der Waals surface area contributed by atoms with Crippen molar-refractivity contribution in [2.45, 2.75) is 13.5 Å². The molecule has 1 amide bonds. The maximum absolute atomic E-state index is 12.0. The lowest BCUT2D eigenvalue weighted by Gasteiger charge is -2.06.